The Morgan fingerprint density at radius 2 is 2.19 bits per heavy atom. The van der Waals surface area contributed by atoms with E-state index in [-0.39, 0.29) is 0 Å². The molecule has 1 saturated heterocycles. The van der Waals surface area contributed by atoms with E-state index in [1.165, 1.54) is 5.57 Å². The number of nitrogens with zero attached hydrogens (tertiary/aromatic N) is 2. The van der Waals surface area contributed by atoms with Crippen LogP contribution in [-0.4, -0.2) is 55.6 Å². The molecule has 0 spiro atoms. The van der Waals surface area contributed by atoms with E-state index in [9.17, 15) is 0 Å². The van der Waals surface area contributed by atoms with Gasteiger partial charge >= 0.3 is 0 Å². The summed E-state index contributed by atoms with van der Waals surface area (Å²) in [5, 5.41) is 0. The summed E-state index contributed by atoms with van der Waals surface area (Å²) in [4.78, 5) is 4.76. The summed E-state index contributed by atoms with van der Waals surface area (Å²) in [6.07, 6.45) is 2.00. The van der Waals surface area contributed by atoms with Gasteiger partial charge in [0.25, 0.3) is 0 Å². The third-order valence-corrected chi connectivity index (χ3v) is 3.59. The third kappa shape index (κ3) is 3.56. The predicted octanol–water partition coefficient (Wildman–Crippen LogP) is 0.420. The first-order valence-electron chi connectivity index (χ1n) is 6.10. The van der Waals surface area contributed by atoms with Crippen LogP contribution in [0.25, 0.3) is 0 Å². The lowest BCUT2D eigenvalue weighted by molar-refractivity contribution is 0.0875. The van der Waals surface area contributed by atoms with Crippen LogP contribution in [0.3, 0.4) is 0 Å². The average molecular weight is 226 g/mol. The summed E-state index contributed by atoms with van der Waals surface area (Å²) >= 11 is 0. The molecule has 0 aliphatic carbocycles. The molecule has 0 radical (unpaired) electrons. The predicted molar refractivity (Wildman–Crippen MR) is 69.1 cm³/mol. The minimum Gasteiger partial charge on any atom is -0.303 e. The van der Waals surface area contributed by atoms with Crippen molar-refractivity contribution in [3.63, 3.8) is 0 Å². The number of likely N-dealkylation sites (N-methyl/N-ethyl adjacent to an activating group) is 2. The van der Waals surface area contributed by atoms with Crippen LogP contribution in [0.15, 0.2) is 12.2 Å². The van der Waals surface area contributed by atoms with Crippen LogP contribution in [0.2, 0.25) is 0 Å². The van der Waals surface area contributed by atoms with Crippen molar-refractivity contribution in [3.8, 4) is 0 Å². The molecule has 0 aromatic rings. The van der Waals surface area contributed by atoms with Crippen molar-refractivity contribution in [2.24, 2.45) is 5.84 Å². The van der Waals surface area contributed by atoms with Crippen LogP contribution in [0.5, 0.6) is 0 Å². The van der Waals surface area contributed by atoms with Crippen LogP contribution >= 0.6 is 0 Å². The van der Waals surface area contributed by atoms with Gasteiger partial charge in [0.15, 0.2) is 0 Å². The summed E-state index contributed by atoms with van der Waals surface area (Å²) < 4.78 is 0. The topological polar surface area (TPSA) is 44.5 Å². The number of nitrogens with one attached hydrogen (secondary N) is 1. The van der Waals surface area contributed by atoms with E-state index >= 15 is 0 Å². The van der Waals surface area contributed by atoms with Gasteiger partial charge in [-0.1, -0.05) is 19.1 Å². The van der Waals surface area contributed by atoms with Gasteiger partial charge in [0.05, 0.1) is 0 Å². The second-order valence-electron chi connectivity index (χ2n) is 4.89. The van der Waals surface area contributed by atoms with Gasteiger partial charge in [0, 0.05) is 31.7 Å². The Bertz CT molecular complexity index is 229. The average Bonchev–Trinajstić information content (AvgIpc) is 2.29. The van der Waals surface area contributed by atoms with Crippen molar-refractivity contribution < 1.29 is 0 Å². The van der Waals surface area contributed by atoms with Gasteiger partial charge in [-0.2, -0.15) is 0 Å². The highest BCUT2D eigenvalue weighted by Crippen LogP contribution is 2.16. The van der Waals surface area contributed by atoms with Gasteiger partial charge in [0.1, 0.15) is 0 Å². The molecule has 0 aromatic carbocycles. The Morgan fingerprint density at radius 1 is 1.50 bits per heavy atom. The molecule has 0 amide bonds. The fraction of sp³-hybridized carbons (Fsp3) is 0.833. The first kappa shape index (κ1) is 13.6. The highest BCUT2D eigenvalue weighted by molar-refractivity contribution is 5.00. The molecule has 0 bridgehead atoms. The van der Waals surface area contributed by atoms with Crippen molar-refractivity contribution in [2.75, 3.05) is 33.7 Å². The number of hydrogen-bond donors (Lipinski definition) is 2. The van der Waals surface area contributed by atoms with E-state index in [1.807, 2.05) is 0 Å². The highest BCUT2D eigenvalue weighted by atomic mass is 15.3. The van der Waals surface area contributed by atoms with Crippen molar-refractivity contribution in [2.45, 2.75) is 31.8 Å². The summed E-state index contributed by atoms with van der Waals surface area (Å²) in [5.74, 6) is 5.68. The van der Waals surface area contributed by atoms with Crippen LogP contribution in [0.1, 0.15) is 19.8 Å². The number of hydrazine groups is 1. The zero-order chi connectivity index (χ0) is 12.1. The van der Waals surface area contributed by atoms with E-state index < -0.39 is 0 Å². The molecule has 1 heterocycles. The van der Waals surface area contributed by atoms with Crippen molar-refractivity contribution >= 4 is 0 Å². The number of piperazine rings is 1. The van der Waals surface area contributed by atoms with Gasteiger partial charge < -0.3 is 4.90 Å². The highest BCUT2D eigenvalue weighted by Gasteiger charge is 2.29. The van der Waals surface area contributed by atoms with E-state index in [2.05, 4.69) is 42.8 Å². The zero-order valence-electron chi connectivity index (χ0n) is 10.9. The summed E-state index contributed by atoms with van der Waals surface area (Å²) in [5.41, 5.74) is 4.23. The number of rotatable bonds is 5. The van der Waals surface area contributed by atoms with E-state index in [0.29, 0.717) is 12.1 Å². The van der Waals surface area contributed by atoms with E-state index in [0.717, 1.165) is 32.5 Å². The quantitative estimate of drug-likeness (QED) is 0.405. The summed E-state index contributed by atoms with van der Waals surface area (Å²) in [7, 11) is 4.35. The maximum absolute atomic E-state index is 5.68. The molecule has 1 aliphatic heterocycles. The Morgan fingerprint density at radius 3 is 2.75 bits per heavy atom. The number of nitrogens with two attached hydrogens (primary N) is 1. The molecule has 2 atom stereocenters. The van der Waals surface area contributed by atoms with Crippen molar-refractivity contribution in [1.82, 2.24) is 15.2 Å². The Kier molecular flexibility index (Phi) is 5.41. The zero-order valence-corrected chi connectivity index (χ0v) is 10.9. The normalized spacial score (nSPS) is 25.6. The first-order valence-corrected chi connectivity index (χ1v) is 6.10. The maximum Gasteiger partial charge on any atom is 0.0415 e. The molecule has 4 heteroatoms. The molecule has 2 unspecified atom stereocenters. The van der Waals surface area contributed by atoms with Crippen LogP contribution < -0.4 is 11.3 Å². The molecule has 4 nitrogen and oxygen atoms in total. The summed E-state index contributed by atoms with van der Waals surface area (Å²) in [6.45, 7) is 9.54. The SMILES string of the molecule is C=C(CC)CC(NN)C1CN(C)CCN1C. The van der Waals surface area contributed by atoms with Crippen LogP contribution in [-0.2, 0) is 0 Å². The maximum atomic E-state index is 5.68. The second-order valence-corrected chi connectivity index (χ2v) is 4.89. The number of hydrogen-bond acceptors (Lipinski definition) is 4. The van der Waals surface area contributed by atoms with Gasteiger partial charge in [-0.05, 0) is 26.9 Å². The van der Waals surface area contributed by atoms with Gasteiger partial charge in [-0.3, -0.25) is 16.2 Å². The lowest BCUT2D eigenvalue weighted by atomic mass is 9.97. The van der Waals surface area contributed by atoms with Crippen molar-refractivity contribution in [1.29, 1.82) is 0 Å². The monoisotopic (exact) mass is 226 g/mol. The molecule has 1 aliphatic rings. The van der Waals surface area contributed by atoms with E-state index in [4.69, 9.17) is 5.84 Å². The molecule has 0 aromatic heterocycles. The first-order chi connectivity index (χ1) is 7.58. The Hall–Kier alpha value is -0.420. The molecule has 0 saturated carbocycles. The van der Waals surface area contributed by atoms with Crippen LogP contribution in [0, 0.1) is 0 Å². The minimum absolute atomic E-state index is 0.306. The fourth-order valence-corrected chi connectivity index (χ4v) is 2.24. The van der Waals surface area contributed by atoms with Gasteiger partial charge in [-0.15, -0.1) is 0 Å². The molecular formula is C12H26N4. The van der Waals surface area contributed by atoms with Crippen molar-refractivity contribution in [3.05, 3.63) is 12.2 Å². The molecule has 3 N–H and O–H groups in total. The molecule has 16 heavy (non-hydrogen) atoms. The smallest absolute Gasteiger partial charge is 0.0415 e. The Labute approximate surface area is 99.4 Å². The Balaban J connectivity index is 2.59. The second kappa shape index (κ2) is 6.35. The summed E-state index contributed by atoms with van der Waals surface area (Å²) in [6, 6.07) is 0.784. The largest absolute Gasteiger partial charge is 0.303 e. The standard InChI is InChI=1S/C12H26N4/c1-5-10(2)8-11(14-13)12-9-15(3)6-7-16(12)4/h11-12,14H,2,5-9,13H2,1,3-4H3. The molecular weight excluding hydrogens is 200 g/mol. The van der Waals surface area contributed by atoms with Gasteiger partial charge in [0.2, 0.25) is 0 Å². The molecule has 94 valence electrons. The molecule has 1 fully saturated rings. The van der Waals surface area contributed by atoms with Crippen LogP contribution in [0.4, 0.5) is 0 Å². The van der Waals surface area contributed by atoms with Gasteiger partial charge in [-0.25, -0.2) is 0 Å². The lowest BCUT2D eigenvalue weighted by Gasteiger charge is -2.41. The lowest BCUT2D eigenvalue weighted by Crippen LogP contribution is -2.59. The third-order valence-electron chi connectivity index (χ3n) is 3.59. The fourth-order valence-electron chi connectivity index (χ4n) is 2.24. The minimum atomic E-state index is 0.306. The van der Waals surface area contributed by atoms with E-state index in [1.54, 1.807) is 0 Å². The molecule has 1 rings (SSSR count).